The molecule has 5 rings (SSSR count). The Kier molecular flexibility index (Phi) is 5.41. The van der Waals surface area contributed by atoms with Gasteiger partial charge >= 0.3 is 0 Å². The molecule has 6 nitrogen and oxygen atoms in total. The molecule has 3 heterocycles. The Morgan fingerprint density at radius 1 is 0.906 bits per heavy atom. The Morgan fingerprint density at radius 3 is 2.53 bits per heavy atom. The molecule has 1 N–H and O–H groups in total. The summed E-state index contributed by atoms with van der Waals surface area (Å²) in [5.74, 6) is 0.604. The molecule has 0 bridgehead atoms. The molecule has 0 aliphatic carbocycles. The van der Waals surface area contributed by atoms with Gasteiger partial charge in [-0.2, -0.15) is 0 Å². The van der Waals surface area contributed by atoms with Crippen molar-refractivity contribution < 1.29 is 9.53 Å². The Labute approximate surface area is 185 Å². The second-order valence-corrected chi connectivity index (χ2v) is 7.50. The smallest absolute Gasteiger partial charge is 0.228 e. The standard InChI is InChI=1S/C26H22N4O2/c31-26(16-20-9-11-23(12-10-20)29-13-3-4-14-29)28-21-6-5-7-24(17-21)32-19-22-18-30-15-2-1-8-25(30)27-22/h1-15,17-18H,16,19H2,(H,28,31). The van der Waals surface area contributed by atoms with Crippen molar-refractivity contribution in [2.75, 3.05) is 5.32 Å². The van der Waals surface area contributed by atoms with E-state index in [-0.39, 0.29) is 5.91 Å². The summed E-state index contributed by atoms with van der Waals surface area (Å²) in [6.45, 7) is 0.354. The van der Waals surface area contributed by atoms with Crippen LogP contribution in [0, 0.1) is 0 Å². The monoisotopic (exact) mass is 422 g/mol. The summed E-state index contributed by atoms with van der Waals surface area (Å²) >= 11 is 0. The molecule has 0 fully saturated rings. The van der Waals surface area contributed by atoms with Gasteiger partial charge in [0.1, 0.15) is 18.0 Å². The number of hydrogen-bond donors (Lipinski definition) is 1. The molecular weight excluding hydrogens is 400 g/mol. The lowest BCUT2D eigenvalue weighted by Crippen LogP contribution is -2.14. The number of imidazole rings is 1. The highest BCUT2D eigenvalue weighted by Crippen LogP contribution is 2.19. The molecule has 0 atom stereocenters. The van der Waals surface area contributed by atoms with Crippen molar-refractivity contribution in [1.29, 1.82) is 0 Å². The minimum Gasteiger partial charge on any atom is -0.487 e. The van der Waals surface area contributed by atoms with Gasteiger partial charge in [0, 0.05) is 42.2 Å². The zero-order valence-electron chi connectivity index (χ0n) is 17.4. The first-order valence-corrected chi connectivity index (χ1v) is 10.4. The van der Waals surface area contributed by atoms with E-state index in [2.05, 4.69) is 10.3 Å². The third-order valence-electron chi connectivity index (χ3n) is 5.12. The van der Waals surface area contributed by atoms with Crippen LogP contribution in [-0.4, -0.2) is 19.9 Å². The molecule has 1 amide bonds. The normalized spacial score (nSPS) is 10.9. The van der Waals surface area contributed by atoms with Crippen LogP contribution in [-0.2, 0) is 17.8 Å². The number of anilines is 1. The van der Waals surface area contributed by atoms with E-state index in [0.717, 1.165) is 22.6 Å². The third-order valence-corrected chi connectivity index (χ3v) is 5.12. The van der Waals surface area contributed by atoms with E-state index >= 15 is 0 Å². The number of amides is 1. The summed E-state index contributed by atoms with van der Waals surface area (Å²) < 4.78 is 9.87. The Hall–Kier alpha value is -4.32. The number of hydrogen-bond acceptors (Lipinski definition) is 3. The maximum absolute atomic E-state index is 12.5. The number of nitrogens with zero attached hydrogens (tertiary/aromatic N) is 3. The summed E-state index contributed by atoms with van der Waals surface area (Å²) in [4.78, 5) is 17.1. The summed E-state index contributed by atoms with van der Waals surface area (Å²) in [6, 6.07) is 25.2. The minimum atomic E-state index is -0.0729. The van der Waals surface area contributed by atoms with E-state index in [1.54, 1.807) is 0 Å². The Bertz CT molecular complexity index is 1310. The number of rotatable bonds is 7. The SMILES string of the molecule is O=C(Cc1ccc(-n2cccc2)cc1)Nc1cccc(OCc2cn3ccccc3n2)c1. The molecule has 0 radical (unpaired) electrons. The molecule has 2 aromatic carbocycles. The van der Waals surface area contributed by atoms with Crippen LogP contribution in [0.1, 0.15) is 11.3 Å². The third kappa shape index (κ3) is 4.54. The molecule has 0 saturated heterocycles. The van der Waals surface area contributed by atoms with Crippen molar-refractivity contribution in [1.82, 2.24) is 14.0 Å². The van der Waals surface area contributed by atoms with Gasteiger partial charge in [0.2, 0.25) is 5.91 Å². The van der Waals surface area contributed by atoms with E-state index in [4.69, 9.17) is 4.74 Å². The van der Waals surface area contributed by atoms with Crippen LogP contribution in [0.2, 0.25) is 0 Å². The fraction of sp³-hybridized carbons (Fsp3) is 0.0769. The van der Waals surface area contributed by atoms with Crippen molar-refractivity contribution in [3.05, 3.63) is 115 Å². The van der Waals surface area contributed by atoms with Crippen molar-refractivity contribution in [3.63, 3.8) is 0 Å². The molecule has 3 aromatic heterocycles. The van der Waals surface area contributed by atoms with Crippen LogP contribution in [0.15, 0.2) is 104 Å². The second-order valence-electron chi connectivity index (χ2n) is 7.50. The topological polar surface area (TPSA) is 60.6 Å². The highest BCUT2D eigenvalue weighted by atomic mass is 16.5. The molecule has 6 heteroatoms. The summed E-state index contributed by atoms with van der Waals surface area (Å²) in [7, 11) is 0. The lowest BCUT2D eigenvalue weighted by Gasteiger charge is -2.09. The van der Waals surface area contributed by atoms with E-state index in [1.165, 1.54) is 0 Å². The Balaban J connectivity index is 1.18. The number of ether oxygens (including phenoxy) is 1. The Morgan fingerprint density at radius 2 is 1.72 bits per heavy atom. The van der Waals surface area contributed by atoms with Gasteiger partial charge in [-0.1, -0.05) is 24.3 Å². The molecule has 0 spiro atoms. The van der Waals surface area contributed by atoms with E-state index in [1.807, 2.05) is 113 Å². The predicted octanol–water partition coefficient (Wildman–Crippen LogP) is 4.89. The molecule has 5 aromatic rings. The molecule has 0 aliphatic rings. The quantitative estimate of drug-likeness (QED) is 0.406. The van der Waals surface area contributed by atoms with Crippen LogP contribution in [0.5, 0.6) is 5.75 Å². The fourth-order valence-corrected chi connectivity index (χ4v) is 3.56. The predicted molar refractivity (Wildman–Crippen MR) is 124 cm³/mol. The van der Waals surface area contributed by atoms with Gasteiger partial charge in [-0.25, -0.2) is 4.98 Å². The summed E-state index contributed by atoms with van der Waals surface area (Å²) in [5, 5.41) is 2.95. The highest BCUT2D eigenvalue weighted by molar-refractivity contribution is 5.92. The van der Waals surface area contributed by atoms with Crippen molar-refractivity contribution in [2.24, 2.45) is 0 Å². The number of carbonyl (C=O) groups is 1. The zero-order valence-corrected chi connectivity index (χ0v) is 17.4. The number of aromatic nitrogens is 3. The largest absolute Gasteiger partial charge is 0.487 e. The van der Waals surface area contributed by atoms with Gasteiger partial charge in [0.25, 0.3) is 0 Å². The van der Waals surface area contributed by atoms with Gasteiger partial charge in [0.15, 0.2) is 0 Å². The van der Waals surface area contributed by atoms with E-state index in [9.17, 15) is 4.79 Å². The van der Waals surface area contributed by atoms with Crippen LogP contribution in [0.4, 0.5) is 5.69 Å². The van der Waals surface area contributed by atoms with Crippen LogP contribution in [0.3, 0.4) is 0 Å². The van der Waals surface area contributed by atoms with Gasteiger partial charge in [-0.15, -0.1) is 0 Å². The molecule has 0 aliphatic heterocycles. The number of benzene rings is 2. The second kappa shape index (κ2) is 8.81. The summed E-state index contributed by atoms with van der Waals surface area (Å²) in [6.07, 6.45) is 8.19. The first-order chi connectivity index (χ1) is 15.7. The molecular formula is C26H22N4O2. The molecule has 32 heavy (non-hydrogen) atoms. The molecule has 0 unspecified atom stereocenters. The van der Waals surface area contributed by atoms with Gasteiger partial charge in [-0.3, -0.25) is 4.79 Å². The fourth-order valence-electron chi connectivity index (χ4n) is 3.56. The number of pyridine rings is 1. The number of carbonyl (C=O) groups excluding carboxylic acids is 1. The van der Waals surface area contributed by atoms with Gasteiger partial charge < -0.3 is 19.0 Å². The maximum Gasteiger partial charge on any atom is 0.228 e. The zero-order chi connectivity index (χ0) is 21.8. The van der Waals surface area contributed by atoms with E-state index < -0.39 is 0 Å². The first-order valence-electron chi connectivity index (χ1n) is 10.4. The number of nitrogens with one attached hydrogen (secondary N) is 1. The molecule has 0 saturated carbocycles. The van der Waals surface area contributed by atoms with E-state index in [0.29, 0.717) is 24.5 Å². The van der Waals surface area contributed by atoms with Crippen LogP contribution in [0.25, 0.3) is 11.3 Å². The minimum absolute atomic E-state index is 0.0729. The molecule has 158 valence electrons. The average Bonchev–Trinajstić information content (AvgIpc) is 3.48. The van der Waals surface area contributed by atoms with Crippen LogP contribution < -0.4 is 10.1 Å². The average molecular weight is 422 g/mol. The van der Waals surface area contributed by atoms with Crippen LogP contribution >= 0.6 is 0 Å². The van der Waals surface area contributed by atoms with Crippen molar-refractivity contribution in [2.45, 2.75) is 13.0 Å². The highest BCUT2D eigenvalue weighted by Gasteiger charge is 2.07. The van der Waals surface area contributed by atoms with Gasteiger partial charge in [0.05, 0.1) is 12.1 Å². The summed E-state index contributed by atoms with van der Waals surface area (Å²) in [5.41, 5.74) is 4.45. The first kappa shape index (κ1) is 19.6. The maximum atomic E-state index is 12.5. The lowest BCUT2D eigenvalue weighted by atomic mass is 10.1. The van der Waals surface area contributed by atoms with Crippen molar-refractivity contribution >= 4 is 17.2 Å². The van der Waals surface area contributed by atoms with Crippen molar-refractivity contribution in [3.8, 4) is 11.4 Å². The lowest BCUT2D eigenvalue weighted by molar-refractivity contribution is -0.115. The number of fused-ring (bicyclic) bond motifs is 1. The van der Waals surface area contributed by atoms with Gasteiger partial charge in [-0.05, 0) is 54.1 Å².